The summed E-state index contributed by atoms with van der Waals surface area (Å²) in [7, 11) is 3.78. The van der Waals surface area contributed by atoms with Gasteiger partial charge in [-0.25, -0.2) is 0 Å². The summed E-state index contributed by atoms with van der Waals surface area (Å²) in [6, 6.07) is 2.03. The minimum atomic E-state index is 0.490. The Bertz CT molecular complexity index is 279. The molecule has 1 aliphatic rings. The van der Waals surface area contributed by atoms with Crippen molar-refractivity contribution in [1.82, 2.24) is 9.80 Å². The highest BCUT2D eigenvalue weighted by atomic mass is 15.2. The fourth-order valence-corrected chi connectivity index (χ4v) is 1.51. The molecule has 1 aliphatic heterocycles. The maximum Gasteiger partial charge on any atom is 0.134 e. The third-order valence-corrected chi connectivity index (χ3v) is 2.59. The molecule has 0 radical (unpaired) electrons. The first-order valence-corrected chi connectivity index (χ1v) is 5.20. The lowest BCUT2D eigenvalue weighted by atomic mass is 10.3. The number of aliphatic imine (C=N–C) groups is 1. The number of nitrogens with zero attached hydrogens (tertiary/aromatic N) is 4. The van der Waals surface area contributed by atoms with Gasteiger partial charge < -0.3 is 4.90 Å². The molecule has 0 unspecified atom stereocenters. The van der Waals surface area contributed by atoms with Crippen LogP contribution < -0.4 is 0 Å². The van der Waals surface area contributed by atoms with Crippen LogP contribution >= 0.6 is 0 Å². The van der Waals surface area contributed by atoms with Gasteiger partial charge in [-0.15, -0.1) is 0 Å². The summed E-state index contributed by atoms with van der Waals surface area (Å²) in [5.74, 6) is 0. The van der Waals surface area contributed by atoms with Crippen LogP contribution in [0, 0.1) is 11.3 Å². The first kappa shape index (κ1) is 11.9. The second-order valence-corrected chi connectivity index (χ2v) is 3.73. The van der Waals surface area contributed by atoms with Crippen molar-refractivity contribution in [1.29, 1.82) is 5.26 Å². The van der Waals surface area contributed by atoms with Gasteiger partial charge in [0.1, 0.15) is 11.8 Å². The van der Waals surface area contributed by atoms with Crippen LogP contribution in [-0.4, -0.2) is 62.3 Å². The maximum atomic E-state index is 8.65. The lowest BCUT2D eigenvalue weighted by Gasteiger charge is -2.31. The van der Waals surface area contributed by atoms with Crippen molar-refractivity contribution >= 4 is 5.71 Å². The van der Waals surface area contributed by atoms with E-state index >= 15 is 0 Å². The summed E-state index contributed by atoms with van der Waals surface area (Å²) >= 11 is 0. The molecule has 0 amide bonds. The molecule has 0 aromatic heterocycles. The molecule has 1 heterocycles. The van der Waals surface area contributed by atoms with Crippen LogP contribution in [0.1, 0.15) is 0 Å². The molecule has 0 aromatic carbocycles. The van der Waals surface area contributed by atoms with E-state index in [9.17, 15) is 0 Å². The van der Waals surface area contributed by atoms with Crippen LogP contribution in [0.3, 0.4) is 0 Å². The van der Waals surface area contributed by atoms with E-state index in [1.54, 1.807) is 13.1 Å². The average Bonchev–Trinajstić information content (AvgIpc) is 2.27. The Morgan fingerprint density at radius 3 is 2.60 bits per heavy atom. The molecule has 1 saturated heterocycles. The molecular formula is C11H18N4. The van der Waals surface area contributed by atoms with Crippen LogP contribution in [0.25, 0.3) is 0 Å². The van der Waals surface area contributed by atoms with Crippen LogP contribution in [0.4, 0.5) is 0 Å². The highest BCUT2D eigenvalue weighted by Crippen LogP contribution is 1.98. The minimum absolute atomic E-state index is 0.490. The van der Waals surface area contributed by atoms with Crippen molar-refractivity contribution in [2.75, 3.05) is 46.8 Å². The lowest BCUT2D eigenvalue weighted by molar-refractivity contribution is 0.166. The van der Waals surface area contributed by atoms with Gasteiger partial charge in [0.2, 0.25) is 0 Å². The molecule has 82 valence electrons. The Hall–Kier alpha value is -1.18. The molecule has 0 spiro atoms. The molecule has 4 heteroatoms. The van der Waals surface area contributed by atoms with E-state index < -0.39 is 0 Å². The highest BCUT2D eigenvalue weighted by Gasteiger charge is 2.11. The quantitative estimate of drug-likeness (QED) is 0.627. The zero-order valence-electron chi connectivity index (χ0n) is 9.48. The Balaban J connectivity index is 2.29. The van der Waals surface area contributed by atoms with Crippen molar-refractivity contribution in [2.24, 2.45) is 4.99 Å². The summed E-state index contributed by atoms with van der Waals surface area (Å²) in [5, 5.41) is 8.65. The fourth-order valence-electron chi connectivity index (χ4n) is 1.51. The highest BCUT2D eigenvalue weighted by molar-refractivity contribution is 6.06. The van der Waals surface area contributed by atoms with Gasteiger partial charge in [0, 0.05) is 39.8 Å². The van der Waals surface area contributed by atoms with Gasteiger partial charge >= 0.3 is 0 Å². The number of hydrogen-bond donors (Lipinski definition) is 0. The number of nitriles is 1. The number of piperazine rings is 1. The van der Waals surface area contributed by atoms with Gasteiger partial charge in [-0.2, -0.15) is 5.26 Å². The SMILES string of the molecule is CN=C(C#N)C=CCN1CCN(C)CC1. The Kier molecular flexibility index (Phi) is 5.02. The second kappa shape index (κ2) is 6.33. The van der Waals surface area contributed by atoms with E-state index in [2.05, 4.69) is 21.8 Å². The summed E-state index contributed by atoms with van der Waals surface area (Å²) in [5.41, 5.74) is 0.490. The molecule has 1 fully saturated rings. The standard InChI is InChI=1S/C11H18N4/c1-13-11(10-12)4-3-5-15-8-6-14(2)7-9-15/h3-4H,5-9H2,1-2H3. The largest absolute Gasteiger partial charge is 0.304 e. The third kappa shape index (κ3) is 4.24. The molecular weight excluding hydrogens is 188 g/mol. The van der Waals surface area contributed by atoms with Crippen molar-refractivity contribution in [3.63, 3.8) is 0 Å². The molecule has 1 rings (SSSR count). The Morgan fingerprint density at radius 1 is 1.40 bits per heavy atom. The van der Waals surface area contributed by atoms with Crippen LogP contribution in [0.15, 0.2) is 17.1 Å². The zero-order valence-corrected chi connectivity index (χ0v) is 9.48. The number of rotatable bonds is 3. The third-order valence-electron chi connectivity index (χ3n) is 2.59. The monoisotopic (exact) mass is 206 g/mol. The molecule has 0 aromatic rings. The number of hydrogen-bond acceptors (Lipinski definition) is 4. The van der Waals surface area contributed by atoms with Gasteiger partial charge in [-0.1, -0.05) is 6.08 Å². The summed E-state index contributed by atoms with van der Waals surface area (Å²) in [6.07, 6.45) is 3.80. The predicted octanol–water partition coefficient (Wildman–Crippen LogP) is 0.384. The first-order valence-electron chi connectivity index (χ1n) is 5.20. The van der Waals surface area contributed by atoms with E-state index in [-0.39, 0.29) is 0 Å². The molecule has 0 saturated carbocycles. The number of allylic oxidation sites excluding steroid dienone is 1. The molecule has 0 aliphatic carbocycles. The molecule has 0 atom stereocenters. The average molecular weight is 206 g/mol. The molecule has 4 nitrogen and oxygen atoms in total. The summed E-state index contributed by atoms with van der Waals surface area (Å²) in [4.78, 5) is 8.55. The summed E-state index contributed by atoms with van der Waals surface area (Å²) < 4.78 is 0. The van der Waals surface area contributed by atoms with E-state index in [4.69, 9.17) is 5.26 Å². The Labute approximate surface area is 91.5 Å². The minimum Gasteiger partial charge on any atom is -0.304 e. The zero-order chi connectivity index (χ0) is 11.1. The van der Waals surface area contributed by atoms with Crippen molar-refractivity contribution in [2.45, 2.75) is 0 Å². The van der Waals surface area contributed by atoms with Crippen molar-refractivity contribution in [3.05, 3.63) is 12.2 Å². The van der Waals surface area contributed by atoms with Crippen molar-refractivity contribution < 1.29 is 0 Å². The van der Waals surface area contributed by atoms with E-state index in [1.165, 1.54) is 0 Å². The fraction of sp³-hybridized carbons (Fsp3) is 0.636. The van der Waals surface area contributed by atoms with Gasteiger partial charge in [-0.05, 0) is 13.1 Å². The first-order chi connectivity index (χ1) is 7.26. The molecule has 0 N–H and O–H groups in total. The molecule has 15 heavy (non-hydrogen) atoms. The van der Waals surface area contributed by atoms with Crippen LogP contribution in [0.5, 0.6) is 0 Å². The molecule has 0 bridgehead atoms. The van der Waals surface area contributed by atoms with Gasteiger partial charge in [0.05, 0.1) is 0 Å². The number of likely N-dealkylation sites (N-methyl/N-ethyl adjacent to an activating group) is 1. The topological polar surface area (TPSA) is 42.6 Å². The Morgan fingerprint density at radius 2 is 2.07 bits per heavy atom. The normalized spacial score (nSPS) is 20.7. The predicted molar refractivity (Wildman–Crippen MR) is 62.0 cm³/mol. The summed E-state index contributed by atoms with van der Waals surface area (Å²) in [6.45, 7) is 5.37. The van der Waals surface area contributed by atoms with Gasteiger partial charge in [0.25, 0.3) is 0 Å². The van der Waals surface area contributed by atoms with E-state index in [0.29, 0.717) is 5.71 Å². The smallest absolute Gasteiger partial charge is 0.134 e. The maximum absolute atomic E-state index is 8.65. The van der Waals surface area contributed by atoms with Crippen LogP contribution in [-0.2, 0) is 0 Å². The van der Waals surface area contributed by atoms with Crippen molar-refractivity contribution in [3.8, 4) is 6.07 Å². The van der Waals surface area contributed by atoms with E-state index in [1.807, 2.05) is 12.1 Å². The van der Waals surface area contributed by atoms with Crippen LogP contribution in [0.2, 0.25) is 0 Å². The lowest BCUT2D eigenvalue weighted by Crippen LogP contribution is -2.44. The van der Waals surface area contributed by atoms with E-state index in [0.717, 1.165) is 32.7 Å². The van der Waals surface area contributed by atoms with Gasteiger partial charge in [-0.3, -0.25) is 9.89 Å². The second-order valence-electron chi connectivity index (χ2n) is 3.73. The van der Waals surface area contributed by atoms with Gasteiger partial charge in [0.15, 0.2) is 0 Å².